The predicted molar refractivity (Wildman–Crippen MR) is 91.4 cm³/mol. The van der Waals surface area contributed by atoms with Crippen LogP contribution in [-0.2, 0) is 11.3 Å². The van der Waals surface area contributed by atoms with E-state index in [0.29, 0.717) is 4.47 Å². The van der Waals surface area contributed by atoms with Gasteiger partial charge >= 0.3 is 6.09 Å². The highest BCUT2D eigenvalue weighted by Gasteiger charge is 2.22. The van der Waals surface area contributed by atoms with E-state index in [1.165, 1.54) is 12.1 Å². The zero-order valence-corrected chi connectivity index (χ0v) is 14.3. The first kappa shape index (κ1) is 18.3. The fourth-order valence-corrected chi connectivity index (χ4v) is 2.42. The first-order valence-electron chi connectivity index (χ1n) is 7.26. The first-order valence-corrected chi connectivity index (χ1v) is 8.05. The molecule has 0 spiro atoms. The monoisotopic (exact) mass is 395 g/mol. The van der Waals surface area contributed by atoms with E-state index in [4.69, 9.17) is 4.74 Å². The molecular weight excluding hydrogens is 378 g/mol. The molecule has 6 nitrogen and oxygen atoms in total. The van der Waals surface area contributed by atoms with Crippen LogP contribution in [0, 0.1) is 0 Å². The fourth-order valence-electron chi connectivity index (χ4n) is 2.04. The van der Waals surface area contributed by atoms with Crippen molar-refractivity contribution in [1.82, 2.24) is 5.32 Å². The SMILES string of the molecule is O=C(NCC(O)C(O)c1cc(Br)ccc1O)OCc1ccccc1. The molecule has 128 valence electrons. The summed E-state index contributed by atoms with van der Waals surface area (Å²) in [6.45, 7) is -0.113. The van der Waals surface area contributed by atoms with Gasteiger partial charge in [0.25, 0.3) is 0 Å². The van der Waals surface area contributed by atoms with Gasteiger partial charge in [0.15, 0.2) is 0 Å². The number of hydrogen-bond acceptors (Lipinski definition) is 5. The van der Waals surface area contributed by atoms with Crippen molar-refractivity contribution in [1.29, 1.82) is 0 Å². The van der Waals surface area contributed by atoms with Gasteiger partial charge in [0.2, 0.25) is 0 Å². The summed E-state index contributed by atoms with van der Waals surface area (Å²) in [7, 11) is 0. The zero-order chi connectivity index (χ0) is 17.5. The van der Waals surface area contributed by atoms with E-state index in [-0.39, 0.29) is 24.5 Å². The average molecular weight is 396 g/mol. The number of carbonyl (C=O) groups is 1. The van der Waals surface area contributed by atoms with E-state index in [1.807, 2.05) is 30.3 Å². The van der Waals surface area contributed by atoms with Crippen LogP contribution in [0.2, 0.25) is 0 Å². The second-order valence-electron chi connectivity index (χ2n) is 5.16. The lowest BCUT2D eigenvalue weighted by Crippen LogP contribution is -2.35. The zero-order valence-electron chi connectivity index (χ0n) is 12.7. The number of alkyl carbamates (subject to hydrolysis) is 1. The lowest BCUT2D eigenvalue weighted by atomic mass is 10.0. The van der Waals surface area contributed by atoms with E-state index in [0.717, 1.165) is 5.56 Å². The Bertz CT molecular complexity index is 680. The Hall–Kier alpha value is -2.09. The van der Waals surface area contributed by atoms with Gasteiger partial charge in [-0.3, -0.25) is 0 Å². The number of carbonyl (C=O) groups excluding carboxylic acids is 1. The molecule has 0 fully saturated rings. The van der Waals surface area contributed by atoms with Crippen molar-refractivity contribution in [2.75, 3.05) is 6.54 Å². The fraction of sp³-hybridized carbons (Fsp3) is 0.235. The normalized spacial score (nSPS) is 13.1. The summed E-state index contributed by atoms with van der Waals surface area (Å²) in [5.41, 5.74) is 1.00. The van der Waals surface area contributed by atoms with Crippen LogP contribution >= 0.6 is 15.9 Å². The highest BCUT2D eigenvalue weighted by atomic mass is 79.9. The summed E-state index contributed by atoms with van der Waals surface area (Å²) in [4.78, 5) is 11.6. The summed E-state index contributed by atoms with van der Waals surface area (Å²) in [5.74, 6) is -0.142. The van der Waals surface area contributed by atoms with Crippen molar-refractivity contribution in [2.24, 2.45) is 0 Å². The third kappa shape index (κ3) is 5.23. The Balaban J connectivity index is 1.82. The van der Waals surface area contributed by atoms with Gasteiger partial charge in [0.1, 0.15) is 24.6 Å². The number of phenols is 1. The van der Waals surface area contributed by atoms with Crippen LogP contribution in [0.4, 0.5) is 4.79 Å². The van der Waals surface area contributed by atoms with Crippen molar-refractivity contribution in [2.45, 2.75) is 18.8 Å². The van der Waals surface area contributed by atoms with Crippen molar-refractivity contribution in [3.8, 4) is 5.75 Å². The largest absolute Gasteiger partial charge is 0.508 e. The molecule has 2 unspecified atom stereocenters. The van der Waals surface area contributed by atoms with Crippen LogP contribution < -0.4 is 5.32 Å². The molecule has 0 saturated carbocycles. The standard InChI is InChI=1S/C17H18BrNO5/c18-12-6-7-14(20)13(8-12)16(22)15(21)9-19-17(23)24-10-11-4-2-1-3-5-11/h1-8,15-16,20-22H,9-10H2,(H,19,23). The average Bonchev–Trinajstić information content (AvgIpc) is 2.60. The lowest BCUT2D eigenvalue weighted by Gasteiger charge is -2.19. The molecule has 7 heteroatoms. The molecule has 4 N–H and O–H groups in total. The topological polar surface area (TPSA) is 99.0 Å². The third-order valence-electron chi connectivity index (χ3n) is 3.34. The number of aliphatic hydroxyl groups is 2. The number of hydrogen-bond donors (Lipinski definition) is 4. The van der Waals surface area contributed by atoms with Crippen LogP contribution in [0.3, 0.4) is 0 Å². The number of phenolic OH excluding ortho intramolecular Hbond substituents is 1. The van der Waals surface area contributed by atoms with Crippen molar-refractivity contribution >= 4 is 22.0 Å². The highest BCUT2D eigenvalue weighted by molar-refractivity contribution is 9.10. The van der Waals surface area contributed by atoms with E-state index in [9.17, 15) is 20.1 Å². The molecule has 0 aliphatic heterocycles. The predicted octanol–water partition coefficient (Wildman–Crippen LogP) is 2.48. The molecule has 0 aliphatic carbocycles. The number of ether oxygens (including phenoxy) is 1. The van der Waals surface area contributed by atoms with Crippen molar-refractivity contribution in [3.63, 3.8) is 0 Å². The van der Waals surface area contributed by atoms with Crippen LogP contribution in [-0.4, -0.2) is 34.1 Å². The van der Waals surface area contributed by atoms with Gasteiger partial charge in [0, 0.05) is 16.6 Å². The highest BCUT2D eigenvalue weighted by Crippen LogP contribution is 2.29. The second-order valence-corrected chi connectivity index (χ2v) is 6.07. The number of halogens is 1. The van der Waals surface area contributed by atoms with Gasteiger partial charge < -0.3 is 25.4 Å². The minimum Gasteiger partial charge on any atom is -0.508 e. The molecule has 0 bridgehead atoms. The third-order valence-corrected chi connectivity index (χ3v) is 3.83. The van der Waals surface area contributed by atoms with Crippen molar-refractivity contribution in [3.05, 3.63) is 64.1 Å². The molecule has 2 atom stereocenters. The summed E-state index contributed by atoms with van der Waals surface area (Å²) < 4.78 is 5.66. The number of amides is 1. The number of rotatable bonds is 6. The number of aliphatic hydroxyl groups excluding tert-OH is 2. The maximum atomic E-state index is 11.6. The molecule has 24 heavy (non-hydrogen) atoms. The lowest BCUT2D eigenvalue weighted by molar-refractivity contribution is 0.0171. The molecule has 0 aromatic heterocycles. The Morgan fingerprint density at radius 3 is 2.58 bits per heavy atom. The van der Waals surface area contributed by atoms with E-state index < -0.39 is 18.3 Å². The first-order chi connectivity index (χ1) is 11.5. The summed E-state index contributed by atoms with van der Waals surface area (Å²) in [6, 6.07) is 13.7. The maximum absolute atomic E-state index is 11.6. The van der Waals surface area contributed by atoms with E-state index >= 15 is 0 Å². The smallest absolute Gasteiger partial charge is 0.407 e. The molecule has 1 amide bonds. The van der Waals surface area contributed by atoms with Crippen LogP contribution in [0.15, 0.2) is 53.0 Å². The molecular formula is C17H18BrNO5. The van der Waals surface area contributed by atoms with Crippen LogP contribution in [0.1, 0.15) is 17.2 Å². The number of aromatic hydroxyl groups is 1. The van der Waals surface area contributed by atoms with Crippen molar-refractivity contribution < 1.29 is 24.9 Å². The quantitative estimate of drug-likeness (QED) is 0.602. The van der Waals surface area contributed by atoms with Gasteiger partial charge in [-0.15, -0.1) is 0 Å². The van der Waals surface area contributed by atoms with Crippen LogP contribution in [0.25, 0.3) is 0 Å². The summed E-state index contributed by atoms with van der Waals surface area (Å²) >= 11 is 3.23. The number of benzene rings is 2. The summed E-state index contributed by atoms with van der Waals surface area (Å²) in [5, 5.41) is 32.2. The number of nitrogens with one attached hydrogen (secondary N) is 1. The van der Waals surface area contributed by atoms with Gasteiger partial charge in [-0.2, -0.15) is 0 Å². The Labute approximate surface area is 147 Å². The van der Waals surface area contributed by atoms with Gasteiger partial charge in [-0.25, -0.2) is 4.79 Å². The van der Waals surface area contributed by atoms with Crippen LogP contribution in [0.5, 0.6) is 5.75 Å². The van der Waals surface area contributed by atoms with Gasteiger partial charge in [-0.1, -0.05) is 46.3 Å². The molecule has 0 radical (unpaired) electrons. The van der Waals surface area contributed by atoms with E-state index in [1.54, 1.807) is 6.07 Å². The molecule has 0 aliphatic rings. The Morgan fingerprint density at radius 1 is 1.17 bits per heavy atom. The molecule has 2 aromatic rings. The van der Waals surface area contributed by atoms with Gasteiger partial charge in [0.05, 0.1) is 0 Å². The Morgan fingerprint density at radius 2 is 1.88 bits per heavy atom. The van der Waals surface area contributed by atoms with E-state index in [2.05, 4.69) is 21.2 Å². The summed E-state index contributed by atoms with van der Waals surface area (Å²) in [6.07, 6.45) is -3.35. The molecule has 2 aromatic carbocycles. The minimum absolute atomic E-state index is 0.109. The maximum Gasteiger partial charge on any atom is 0.407 e. The molecule has 0 heterocycles. The second kappa shape index (κ2) is 8.68. The molecule has 0 saturated heterocycles. The van der Waals surface area contributed by atoms with Gasteiger partial charge in [-0.05, 0) is 23.8 Å². The molecule has 2 rings (SSSR count). The Kier molecular flexibility index (Phi) is 6.60. The minimum atomic E-state index is -1.35.